The van der Waals surface area contributed by atoms with E-state index < -0.39 is 289 Å². The van der Waals surface area contributed by atoms with Crippen LogP contribution >= 0.6 is 0 Å². The first-order valence-electron chi connectivity index (χ1n) is 61.7. The zero-order chi connectivity index (χ0) is 114. The minimum Gasteiger partial charge on any atom is -0.462 e. The van der Waals surface area contributed by atoms with E-state index in [0.29, 0.717) is 112 Å². The van der Waals surface area contributed by atoms with Gasteiger partial charge in [0.15, 0.2) is 0 Å². The fourth-order valence-electron chi connectivity index (χ4n) is 23.9. The Morgan fingerprint density at radius 1 is 0.418 bits per heavy atom. The average Bonchev–Trinajstić information content (AvgIpc) is 1.48. The van der Waals surface area contributed by atoms with Crippen LogP contribution in [0, 0.1) is 114 Å². The van der Waals surface area contributed by atoms with Gasteiger partial charge in [0.25, 0.3) is 0 Å². The van der Waals surface area contributed by atoms with Crippen molar-refractivity contribution in [3.63, 3.8) is 0 Å². The number of pyridine rings is 4. The highest BCUT2D eigenvalue weighted by molar-refractivity contribution is 5.83. The molecule has 16 aliphatic rings. The molecule has 4 aromatic heterocycles. The van der Waals surface area contributed by atoms with Crippen LogP contribution in [0.2, 0.25) is 0 Å². The highest BCUT2D eigenvalue weighted by atomic mass is 16.5. The summed E-state index contributed by atoms with van der Waals surface area (Å²) >= 11 is 0. The second-order valence-electron chi connectivity index (χ2n) is 35.1. The topological polar surface area (TPSA) is 141 Å². The number of rotatable bonds is 6. The summed E-state index contributed by atoms with van der Waals surface area (Å²) in [6.07, 6.45) is -7.59. The first-order chi connectivity index (χ1) is 70.7. The van der Waals surface area contributed by atoms with E-state index in [-0.39, 0.29) is 152 Å². The fourth-order valence-corrected chi connectivity index (χ4v) is 23.9. The number of hydrogen-bond acceptors (Lipinski definition) is 10. The minimum absolute atomic E-state index is 0.00181. The summed E-state index contributed by atoms with van der Waals surface area (Å²) in [5.41, 5.74) is -8.11. The van der Waals surface area contributed by atoms with E-state index in [0.717, 1.165) is 5.57 Å². The van der Waals surface area contributed by atoms with Crippen molar-refractivity contribution in [1.82, 2.24) is 19.9 Å². The summed E-state index contributed by atoms with van der Waals surface area (Å²) in [4.78, 5) is 50.6. The molecule has 4 aromatic rings. The molecular weight excluding hydrogens is 1350 g/mol. The first-order valence-corrected chi connectivity index (χ1v) is 39.7. The van der Waals surface area contributed by atoms with E-state index in [1.165, 1.54) is 13.8 Å². The Balaban J connectivity index is 0.000000139. The maximum absolute atomic E-state index is 12.3. The lowest BCUT2D eigenvalue weighted by Gasteiger charge is -2.57. The lowest BCUT2D eigenvalue weighted by atomic mass is 9.47. The molecule has 0 radical (unpaired) electrons. The number of nitrogens with zero attached hydrogens (tertiary/aromatic N) is 4. The third-order valence-corrected chi connectivity index (χ3v) is 29.7. The summed E-state index contributed by atoms with van der Waals surface area (Å²) in [7, 11) is 0. The largest absolute Gasteiger partial charge is 0.462 e. The fraction of sp³-hybridized carbons (Fsp3) is 0.610. The van der Waals surface area contributed by atoms with Crippen molar-refractivity contribution >= 4 is 40.0 Å². The number of aliphatic hydroxyl groups is 1. The number of carbonyl (C=O) groups excluding carboxylic acids is 3. The molecule has 4 heterocycles. The van der Waals surface area contributed by atoms with Crippen LogP contribution in [0.1, 0.15) is 331 Å². The van der Waals surface area contributed by atoms with Crippen molar-refractivity contribution in [2.24, 2.45) is 114 Å². The first kappa shape index (κ1) is 40.4. The van der Waals surface area contributed by atoms with Crippen LogP contribution in [0.25, 0.3) is 22.3 Å². The van der Waals surface area contributed by atoms with E-state index in [1.807, 2.05) is 19.9 Å². The highest BCUT2D eigenvalue weighted by Gasteiger charge is 2.62. The Morgan fingerprint density at radius 2 is 0.827 bits per heavy atom. The van der Waals surface area contributed by atoms with Gasteiger partial charge in [0.1, 0.15) is 18.0 Å². The molecule has 10 heteroatoms. The number of ketones is 1. The van der Waals surface area contributed by atoms with Gasteiger partial charge in [-0.15, -0.1) is 0 Å². The van der Waals surface area contributed by atoms with Gasteiger partial charge in [-0.05, 0) is 337 Å². The molecule has 20 rings (SSSR count). The zero-order valence-corrected chi connectivity index (χ0v) is 63.4. The van der Waals surface area contributed by atoms with Crippen LogP contribution in [-0.2, 0) is 23.9 Å². The lowest BCUT2D eigenvalue weighted by Crippen LogP contribution is -2.50. The Bertz CT molecular complexity index is 6790. The summed E-state index contributed by atoms with van der Waals surface area (Å²) in [6, 6.07) is -6.25. The summed E-state index contributed by atoms with van der Waals surface area (Å²) in [6.45, 7) is -0.401. The molecule has 0 amide bonds. The predicted molar refractivity (Wildman–Crippen MR) is 439 cm³/mol. The molecule has 0 saturated heterocycles. The number of aliphatic hydroxyl groups excluding tert-OH is 1. The maximum atomic E-state index is 12.3. The molecule has 23 atom stereocenters. The number of Topliss-reactive ketones (excluding diaryl/α,β-unsaturated/α-hetero) is 1. The molecular formula is C100H126N4O6. The van der Waals surface area contributed by atoms with Gasteiger partial charge < -0.3 is 14.6 Å². The van der Waals surface area contributed by atoms with E-state index >= 15 is 0 Å². The number of esters is 2. The molecule has 8 fully saturated rings. The Hall–Kier alpha value is -6.91. The van der Waals surface area contributed by atoms with Crippen molar-refractivity contribution < 1.29 is 89.3 Å². The van der Waals surface area contributed by atoms with Gasteiger partial charge in [0.05, 0.1) is 36.3 Å². The third kappa shape index (κ3) is 12.8. The smallest absolute Gasteiger partial charge is 0.302 e. The zero-order valence-electron chi connectivity index (χ0n) is 107. The molecule has 110 heavy (non-hydrogen) atoms. The molecule has 12 unspecified atom stereocenters. The average molecular weight is 1520 g/mol. The number of fused-ring (bicyclic) bond motifs is 20. The van der Waals surface area contributed by atoms with Crippen molar-refractivity contribution in [2.45, 2.75) is 267 Å². The van der Waals surface area contributed by atoms with Crippen molar-refractivity contribution in [3.05, 3.63) is 191 Å². The van der Waals surface area contributed by atoms with Gasteiger partial charge in [-0.2, -0.15) is 0 Å². The highest BCUT2D eigenvalue weighted by Crippen LogP contribution is 2.72. The summed E-state index contributed by atoms with van der Waals surface area (Å²) in [5, 5.41) is 10.3. The molecule has 582 valence electrons. The Labute approximate surface area is 719 Å². The van der Waals surface area contributed by atoms with Crippen LogP contribution in [0.5, 0.6) is 0 Å². The normalized spacial score (nSPS) is 50.9. The van der Waals surface area contributed by atoms with Crippen LogP contribution in [0.3, 0.4) is 0 Å². The standard InChI is InChI=1S/2C26H33NO2.C24H31NO.C24H29NO/c2*1-17(28)29-20-10-12-25(2)19(15-20)6-7-21-23-9-8-22(18-5-4-14-27-16-18)26(23,3)13-11-24(21)25;2*1-23-11-9-18(26)14-17(23)5-6-19-21-8-7-20(16-4-3-13-25-15-16)24(21,2)12-10-22(19)23/h2*4-6,8,14,16,20-21,23-24H,7,9-13,15H2,1-3H3;3-5,7,13,15,18-19,21-22,26H,6,8-12,14H2,1-2H3;3-5,7,13,15,19,21-22H,6,8-12,14H2,1-2H3/t2*20-,21?,23?,24?,25-,26+;18-,19?,21?,22?,23-,24+;19?,21?,22?,23-,24+/m0000/s1/i2D3,3D3,4D,5D,6D,8D,9D2,14D,16D;2D3,3D3,4D,5D,14D,16D;2*3D,4D,5D,6D2,7D,8D2,13D,15D. The summed E-state index contributed by atoms with van der Waals surface area (Å²) in [5.74, 6) is -9.80. The van der Waals surface area contributed by atoms with Crippen LogP contribution < -0.4 is 0 Å². The van der Waals surface area contributed by atoms with Gasteiger partial charge in [-0.25, -0.2) is 0 Å². The second kappa shape index (κ2) is 29.2. The molecule has 1 N–H and O–H groups in total. The van der Waals surface area contributed by atoms with Crippen LogP contribution in [0.15, 0.2) is 168 Å². The minimum atomic E-state index is -2.98. The number of aromatic nitrogens is 4. The predicted octanol–water partition coefficient (Wildman–Crippen LogP) is 22.9. The van der Waals surface area contributed by atoms with Crippen molar-refractivity contribution in [3.8, 4) is 0 Å². The van der Waals surface area contributed by atoms with E-state index in [1.54, 1.807) is 19.9 Å². The van der Waals surface area contributed by atoms with E-state index in [4.69, 9.17) is 69.8 Å². The van der Waals surface area contributed by atoms with Gasteiger partial charge in [-0.3, -0.25) is 34.3 Å². The Morgan fingerprint density at radius 3 is 1.35 bits per heavy atom. The third-order valence-electron chi connectivity index (χ3n) is 29.7. The van der Waals surface area contributed by atoms with Crippen molar-refractivity contribution in [1.29, 1.82) is 0 Å². The number of ether oxygens (including phenoxy) is 2. The Kier molecular flexibility index (Phi) is 10.7. The molecule has 0 bridgehead atoms. The molecule has 10 nitrogen and oxygen atoms in total. The maximum Gasteiger partial charge on any atom is 0.302 e. The van der Waals surface area contributed by atoms with E-state index in [9.17, 15) is 19.5 Å². The van der Waals surface area contributed by atoms with Gasteiger partial charge in [0.2, 0.25) is 0 Å². The molecule has 0 aliphatic heterocycles. The summed E-state index contributed by atoms with van der Waals surface area (Å²) < 4.78 is 391. The van der Waals surface area contributed by atoms with Gasteiger partial charge in [0, 0.05) is 119 Å². The molecule has 16 aliphatic carbocycles. The van der Waals surface area contributed by atoms with E-state index in [2.05, 4.69) is 19.9 Å². The molecule has 8 saturated carbocycles. The second-order valence-corrected chi connectivity index (χ2v) is 35.1. The van der Waals surface area contributed by atoms with Crippen LogP contribution in [0.4, 0.5) is 0 Å². The monoisotopic (exact) mass is 1520 g/mol. The number of carbonyl (C=O) groups is 3. The van der Waals surface area contributed by atoms with Gasteiger partial charge >= 0.3 is 11.9 Å². The number of hydrogen-bond donors (Lipinski definition) is 1. The molecule has 0 aromatic carbocycles. The van der Waals surface area contributed by atoms with Crippen LogP contribution in [-0.4, -0.2) is 61.1 Å². The lowest BCUT2D eigenvalue weighted by molar-refractivity contribution is -0.149. The van der Waals surface area contributed by atoms with Crippen molar-refractivity contribution in [2.75, 3.05) is 0 Å². The SMILES string of the molecule is [2H]C1=C2CC(=O)CC[C@]2(C)C2CC[C@]3(C)C(c4c([2H])nc([2H])c([2H])c4[2H])=C([2H])C([2H])([2H])C3C2C1([2H])[2H].[2H]C1=C2C[C@@H](O)CC[C@]2(C)C2CC[C@]3(C)C(c4c([2H])nc([2H])c([2H])c4[2H])=C([2H])C([2H])([2H])C3C2C1([2H])[2H].[2H]C1=C2C[C@@H](OC(C)=O)CC[C@]2(C([2H])([2H])[2H])C2CC[C@]3(C([2H])([2H])[2H])C(c4c([2H])nc([2H])c([2H])c4[2H])=C([2H])C([2H])([2H])C3C2C1.[2H]c1nc([2H])c(C2=CCC3C4CC=C5C[C@@H](OC(C)=O)CC[C@]5(C([2H])([2H])[2H])C4CC[C@]23C([2H])([2H])[2H])c([2H])c1[2H]. The molecule has 0 spiro atoms. The van der Waals surface area contributed by atoms with Gasteiger partial charge in [-0.1, -0.05) is 150 Å². The quantitative estimate of drug-likeness (QED) is 0.146. The number of allylic oxidation sites excluding steroid dienone is 13.